The minimum Gasteiger partial charge on any atom is -0.406 e. The molecule has 2 heterocycles. The van der Waals surface area contributed by atoms with E-state index in [4.69, 9.17) is 0 Å². The van der Waals surface area contributed by atoms with Crippen LogP contribution in [-0.2, 0) is 0 Å². The van der Waals surface area contributed by atoms with Crippen LogP contribution in [0.4, 0.5) is 18.3 Å². The summed E-state index contributed by atoms with van der Waals surface area (Å²) >= 11 is 2.12. The molecule has 0 fully saturated rings. The van der Waals surface area contributed by atoms with Crippen molar-refractivity contribution in [2.24, 2.45) is 0 Å². The highest BCUT2D eigenvalue weighted by atomic mass is 35.5. The fraction of sp³-hybridized carbons (Fsp3) is 0.375. The molecule has 0 aliphatic carbocycles. The SMILES string of the molecule is Cc1nnsc1C(=O)N(CCN(C)C)c1nc2ccc(OC(F)(F)F)cc2s1.Cl. The van der Waals surface area contributed by atoms with E-state index >= 15 is 0 Å². The fourth-order valence-corrected chi connectivity index (χ4v) is 3.96. The lowest BCUT2D eigenvalue weighted by molar-refractivity contribution is -0.274. The molecule has 0 N–H and O–H groups in total. The summed E-state index contributed by atoms with van der Waals surface area (Å²) in [6, 6.07) is 3.89. The van der Waals surface area contributed by atoms with E-state index in [1.807, 2.05) is 19.0 Å². The Balaban J connectivity index is 0.00000300. The van der Waals surface area contributed by atoms with Crippen LogP contribution in [0.1, 0.15) is 15.4 Å². The molecule has 1 amide bonds. The number of carbonyl (C=O) groups is 1. The van der Waals surface area contributed by atoms with Gasteiger partial charge in [0.25, 0.3) is 5.91 Å². The molecule has 13 heteroatoms. The first-order chi connectivity index (χ1) is 13.1. The summed E-state index contributed by atoms with van der Waals surface area (Å²) in [6.07, 6.45) is -4.77. The van der Waals surface area contributed by atoms with Crippen molar-refractivity contribution < 1.29 is 22.7 Å². The van der Waals surface area contributed by atoms with Crippen molar-refractivity contribution in [3.63, 3.8) is 0 Å². The molecule has 7 nitrogen and oxygen atoms in total. The lowest BCUT2D eigenvalue weighted by Crippen LogP contribution is -2.36. The maximum absolute atomic E-state index is 13.0. The molecule has 0 radical (unpaired) electrons. The smallest absolute Gasteiger partial charge is 0.406 e. The second kappa shape index (κ2) is 9.20. The van der Waals surface area contributed by atoms with Crippen LogP contribution in [0.5, 0.6) is 5.75 Å². The molecule has 0 spiro atoms. The molecule has 0 aliphatic rings. The Morgan fingerprint density at radius 2 is 1.97 bits per heavy atom. The van der Waals surface area contributed by atoms with Crippen LogP contribution in [0.25, 0.3) is 10.2 Å². The number of thiazole rings is 1. The van der Waals surface area contributed by atoms with Crippen LogP contribution in [0, 0.1) is 6.92 Å². The standard InChI is InChI=1S/C16H16F3N5O2S2.ClH/c1-9-13(28-22-21-9)14(25)24(7-6-23(2)3)15-20-11-5-4-10(8-12(11)27-15)26-16(17,18)19;/h4-5,8H,6-7H2,1-3H3;1H. The molecule has 158 valence electrons. The number of hydrogen-bond acceptors (Lipinski definition) is 8. The van der Waals surface area contributed by atoms with Crippen molar-refractivity contribution in [1.29, 1.82) is 0 Å². The van der Waals surface area contributed by atoms with Crippen molar-refractivity contribution in [1.82, 2.24) is 19.5 Å². The van der Waals surface area contributed by atoms with Crippen LogP contribution >= 0.6 is 35.3 Å². The average Bonchev–Trinajstić information content (AvgIpc) is 3.18. The summed E-state index contributed by atoms with van der Waals surface area (Å²) in [5.41, 5.74) is 1.00. The normalized spacial score (nSPS) is 11.6. The summed E-state index contributed by atoms with van der Waals surface area (Å²) in [5, 5.41) is 4.26. The second-order valence-electron chi connectivity index (χ2n) is 6.12. The first kappa shape index (κ1) is 23.3. The Bertz CT molecular complexity index is 992. The summed E-state index contributed by atoms with van der Waals surface area (Å²) in [5.74, 6) is -0.621. The van der Waals surface area contributed by atoms with Gasteiger partial charge in [0, 0.05) is 19.2 Å². The highest BCUT2D eigenvalue weighted by molar-refractivity contribution is 7.22. The van der Waals surface area contributed by atoms with Gasteiger partial charge in [-0.2, -0.15) is 0 Å². The molecule has 1 aromatic carbocycles. The van der Waals surface area contributed by atoms with Crippen molar-refractivity contribution >= 4 is 56.5 Å². The van der Waals surface area contributed by atoms with Crippen molar-refractivity contribution in [2.45, 2.75) is 13.3 Å². The number of benzene rings is 1. The maximum Gasteiger partial charge on any atom is 0.573 e. The Kier molecular flexibility index (Phi) is 7.38. The lowest BCUT2D eigenvalue weighted by Gasteiger charge is -2.21. The molecular weight excluding hydrogens is 451 g/mol. The van der Waals surface area contributed by atoms with Gasteiger partial charge in [-0.15, -0.1) is 30.7 Å². The number of aryl methyl sites for hydroxylation is 1. The maximum atomic E-state index is 13.0. The van der Waals surface area contributed by atoms with Crippen LogP contribution < -0.4 is 9.64 Å². The highest BCUT2D eigenvalue weighted by Crippen LogP contribution is 2.34. The third-order valence-electron chi connectivity index (χ3n) is 3.67. The van der Waals surface area contributed by atoms with Gasteiger partial charge >= 0.3 is 6.36 Å². The number of ether oxygens (including phenoxy) is 1. The monoisotopic (exact) mass is 467 g/mol. The molecule has 3 rings (SSSR count). The summed E-state index contributed by atoms with van der Waals surface area (Å²) < 4.78 is 45.6. The van der Waals surface area contributed by atoms with E-state index in [1.165, 1.54) is 23.1 Å². The summed E-state index contributed by atoms with van der Waals surface area (Å²) in [6.45, 7) is 2.63. The zero-order chi connectivity index (χ0) is 20.5. The van der Waals surface area contributed by atoms with E-state index in [0.29, 0.717) is 39.0 Å². The Morgan fingerprint density at radius 3 is 2.55 bits per heavy atom. The summed E-state index contributed by atoms with van der Waals surface area (Å²) in [7, 11) is 3.75. The molecule has 0 aliphatic heterocycles. The van der Waals surface area contributed by atoms with E-state index in [-0.39, 0.29) is 24.1 Å². The number of carbonyl (C=O) groups excluding carboxylic acids is 1. The zero-order valence-electron chi connectivity index (χ0n) is 15.6. The van der Waals surface area contributed by atoms with Crippen LogP contribution in [0.2, 0.25) is 0 Å². The Morgan fingerprint density at radius 1 is 1.24 bits per heavy atom. The van der Waals surface area contributed by atoms with Gasteiger partial charge in [-0.05, 0) is 44.7 Å². The van der Waals surface area contributed by atoms with E-state index in [2.05, 4.69) is 19.3 Å². The first-order valence-corrected chi connectivity index (χ1v) is 9.65. The first-order valence-electron chi connectivity index (χ1n) is 8.06. The molecule has 2 aromatic heterocycles. The van der Waals surface area contributed by atoms with Crippen LogP contribution in [0.15, 0.2) is 18.2 Å². The largest absolute Gasteiger partial charge is 0.573 e. The van der Waals surface area contributed by atoms with Crippen molar-refractivity contribution in [3.8, 4) is 5.75 Å². The number of rotatable bonds is 6. The lowest BCUT2D eigenvalue weighted by atomic mass is 10.3. The predicted octanol–water partition coefficient (Wildman–Crippen LogP) is 3.99. The number of likely N-dealkylation sites (N-methyl/N-ethyl adjacent to an activating group) is 1. The number of nitrogens with zero attached hydrogens (tertiary/aromatic N) is 5. The third kappa shape index (κ3) is 5.75. The number of aromatic nitrogens is 3. The number of amides is 1. The van der Waals surface area contributed by atoms with Gasteiger partial charge in [-0.3, -0.25) is 9.69 Å². The molecule has 29 heavy (non-hydrogen) atoms. The topological polar surface area (TPSA) is 71.5 Å². The van der Waals surface area contributed by atoms with Gasteiger partial charge < -0.3 is 9.64 Å². The van der Waals surface area contributed by atoms with Gasteiger partial charge in [-0.1, -0.05) is 15.8 Å². The zero-order valence-corrected chi connectivity index (χ0v) is 18.0. The van der Waals surface area contributed by atoms with Gasteiger partial charge in [0.05, 0.1) is 15.9 Å². The Hall–Kier alpha value is -2.02. The highest BCUT2D eigenvalue weighted by Gasteiger charge is 2.31. The predicted molar refractivity (Wildman–Crippen MR) is 108 cm³/mol. The average molecular weight is 468 g/mol. The molecule has 0 saturated heterocycles. The fourth-order valence-electron chi connectivity index (χ4n) is 2.34. The molecule has 0 saturated carbocycles. The number of alkyl halides is 3. The quantitative estimate of drug-likeness (QED) is 0.546. The molecule has 0 unspecified atom stereocenters. The van der Waals surface area contributed by atoms with E-state index < -0.39 is 6.36 Å². The van der Waals surface area contributed by atoms with E-state index in [0.717, 1.165) is 22.9 Å². The number of hydrogen-bond donors (Lipinski definition) is 0. The molecule has 0 atom stereocenters. The number of halogens is 4. The van der Waals surface area contributed by atoms with Gasteiger partial charge in [0.15, 0.2) is 5.13 Å². The minimum absolute atomic E-state index is 0. The second-order valence-corrected chi connectivity index (χ2v) is 7.88. The van der Waals surface area contributed by atoms with E-state index in [1.54, 1.807) is 6.92 Å². The number of anilines is 1. The molecule has 3 aromatic rings. The molecular formula is C16H17ClF3N5O2S2. The Labute approximate surface area is 178 Å². The summed E-state index contributed by atoms with van der Waals surface area (Å²) in [4.78, 5) is 21.2. The van der Waals surface area contributed by atoms with Crippen molar-refractivity contribution in [2.75, 3.05) is 32.1 Å². The van der Waals surface area contributed by atoms with Gasteiger partial charge in [-0.25, -0.2) is 4.98 Å². The van der Waals surface area contributed by atoms with Crippen LogP contribution in [-0.4, -0.2) is 58.9 Å². The molecule has 0 bridgehead atoms. The van der Waals surface area contributed by atoms with Crippen molar-refractivity contribution in [3.05, 3.63) is 28.8 Å². The number of fused-ring (bicyclic) bond motifs is 1. The van der Waals surface area contributed by atoms with Gasteiger partial charge in [0.2, 0.25) is 0 Å². The minimum atomic E-state index is -4.77. The van der Waals surface area contributed by atoms with Crippen LogP contribution in [0.3, 0.4) is 0 Å². The van der Waals surface area contributed by atoms with E-state index in [9.17, 15) is 18.0 Å². The third-order valence-corrected chi connectivity index (χ3v) is 5.53. The van der Waals surface area contributed by atoms with Gasteiger partial charge in [0.1, 0.15) is 10.6 Å².